The number of nitrogens with one attached hydrogen (secondary N) is 2. The zero-order valence-electron chi connectivity index (χ0n) is 13.1. The highest BCUT2D eigenvalue weighted by Gasteiger charge is 2.23. The smallest absolute Gasteiger partial charge is 0.319 e. The van der Waals surface area contributed by atoms with E-state index in [1.807, 2.05) is 31.2 Å². The Hall–Kier alpha value is -1.59. The fourth-order valence-electron chi connectivity index (χ4n) is 2.67. The highest BCUT2D eigenvalue weighted by atomic mass is 16.2. The SMILES string of the molecule is CC(N)c1cccc(NC(=O)NC2CCN(C)C(C)C2)c1. The number of urea groups is 1. The standard InChI is InChI=1S/C16H26N4O/c1-11-9-15(7-8-20(11)3)19-16(21)18-14-6-4-5-13(10-14)12(2)17/h4-6,10-12,15H,7-9,17H2,1-3H3,(H2,18,19,21). The molecule has 5 nitrogen and oxygen atoms in total. The van der Waals surface area contributed by atoms with E-state index < -0.39 is 0 Å². The van der Waals surface area contributed by atoms with Crippen molar-refractivity contribution < 1.29 is 4.79 Å². The number of hydrogen-bond donors (Lipinski definition) is 3. The van der Waals surface area contributed by atoms with Crippen LogP contribution < -0.4 is 16.4 Å². The van der Waals surface area contributed by atoms with Gasteiger partial charge >= 0.3 is 6.03 Å². The summed E-state index contributed by atoms with van der Waals surface area (Å²) in [6.07, 6.45) is 1.98. The minimum atomic E-state index is -0.140. The first-order valence-corrected chi connectivity index (χ1v) is 7.59. The number of rotatable bonds is 3. The van der Waals surface area contributed by atoms with Gasteiger partial charge < -0.3 is 21.3 Å². The van der Waals surface area contributed by atoms with E-state index in [1.54, 1.807) is 0 Å². The number of amides is 2. The Morgan fingerprint density at radius 3 is 2.90 bits per heavy atom. The van der Waals surface area contributed by atoms with E-state index >= 15 is 0 Å². The topological polar surface area (TPSA) is 70.4 Å². The zero-order valence-corrected chi connectivity index (χ0v) is 13.1. The molecule has 1 saturated heterocycles. The van der Waals surface area contributed by atoms with E-state index in [1.165, 1.54) is 0 Å². The number of nitrogens with zero attached hydrogens (tertiary/aromatic N) is 1. The van der Waals surface area contributed by atoms with E-state index in [2.05, 4.69) is 29.5 Å². The minimum absolute atomic E-state index is 0.0375. The summed E-state index contributed by atoms with van der Waals surface area (Å²) in [7, 11) is 2.13. The monoisotopic (exact) mass is 290 g/mol. The molecule has 0 saturated carbocycles. The first kappa shape index (κ1) is 15.8. The Balaban J connectivity index is 1.88. The van der Waals surface area contributed by atoms with Crippen molar-refractivity contribution in [2.75, 3.05) is 18.9 Å². The molecule has 1 aliphatic rings. The van der Waals surface area contributed by atoms with E-state index in [0.29, 0.717) is 6.04 Å². The number of hydrogen-bond acceptors (Lipinski definition) is 3. The molecule has 0 radical (unpaired) electrons. The first-order valence-electron chi connectivity index (χ1n) is 7.59. The van der Waals surface area contributed by atoms with Gasteiger partial charge in [-0.3, -0.25) is 0 Å². The Bertz CT molecular complexity index is 489. The van der Waals surface area contributed by atoms with E-state index in [4.69, 9.17) is 5.73 Å². The van der Waals surface area contributed by atoms with Crippen LogP contribution in [0, 0.1) is 0 Å². The van der Waals surface area contributed by atoms with Crippen LogP contribution in [0.4, 0.5) is 10.5 Å². The molecule has 1 aliphatic heterocycles. The van der Waals surface area contributed by atoms with Gasteiger partial charge in [0, 0.05) is 30.4 Å². The van der Waals surface area contributed by atoms with Crippen LogP contribution in [0.3, 0.4) is 0 Å². The van der Waals surface area contributed by atoms with Gasteiger partial charge in [-0.25, -0.2) is 4.79 Å². The molecule has 3 unspecified atom stereocenters. The predicted octanol–water partition coefficient (Wildman–Crippen LogP) is 2.31. The van der Waals surface area contributed by atoms with Gasteiger partial charge in [-0.05, 0) is 51.4 Å². The Morgan fingerprint density at radius 2 is 2.24 bits per heavy atom. The van der Waals surface area contributed by atoms with Crippen LogP contribution in [0.15, 0.2) is 24.3 Å². The van der Waals surface area contributed by atoms with Gasteiger partial charge in [-0.1, -0.05) is 12.1 Å². The van der Waals surface area contributed by atoms with Crippen LogP contribution in [0.1, 0.15) is 38.3 Å². The van der Waals surface area contributed by atoms with Crippen molar-refractivity contribution in [2.45, 2.75) is 44.8 Å². The molecule has 3 atom stereocenters. The van der Waals surface area contributed by atoms with Gasteiger partial charge in [0.25, 0.3) is 0 Å². The minimum Gasteiger partial charge on any atom is -0.335 e. The summed E-state index contributed by atoms with van der Waals surface area (Å²) in [6, 6.07) is 8.24. The number of benzene rings is 1. The van der Waals surface area contributed by atoms with Crippen LogP contribution in [0.2, 0.25) is 0 Å². The van der Waals surface area contributed by atoms with E-state index in [-0.39, 0.29) is 18.1 Å². The van der Waals surface area contributed by atoms with Crippen LogP contribution in [-0.4, -0.2) is 36.6 Å². The van der Waals surface area contributed by atoms with Crippen molar-refractivity contribution in [2.24, 2.45) is 5.73 Å². The molecule has 1 aromatic carbocycles. The molecule has 2 rings (SSSR count). The van der Waals surface area contributed by atoms with Gasteiger partial charge in [0.1, 0.15) is 0 Å². The Labute approximate surface area is 126 Å². The zero-order chi connectivity index (χ0) is 15.4. The quantitative estimate of drug-likeness (QED) is 0.800. The maximum absolute atomic E-state index is 12.1. The van der Waals surface area contributed by atoms with Crippen molar-refractivity contribution in [3.05, 3.63) is 29.8 Å². The Morgan fingerprint density at radius 1 is 1.48 bits per heavy atom. The van der Waals surface area contributed by atoms with Crippen LogP contribution in [0.5, 0.6) is 0 Å². The van der Waals surface area contributed by atoms with E-state index in [9.17, 15) is 4.79 Å². The third kappa shape index (κ3) is 4.44. The van der Waals surface area contributed by atoms with Crippen LogP contribution in [0.25, 0.3) is 0 Å². The summed E-state index contributed by atoms with van der Waals surface area (Å²) in [6.45, 7) is 5.14. The van der Waals surface area contributed by atoms with Gasteiger partial charge in [0.15, 0.2) is 0 Å². The van der Waals surface area contributed by atoms with Crippen LogP contribution in [-0.2, 0) is 0 Å². The molecular formula is C16H26N4O. The lowest BCUT2D eigenvalue weighted by atomic mass is 9.99. The molecule has 5 heteroatoms. The largest absolute Gasteiger partial charge is 0.335 e. The number of carbonyl (C=O) groups is 1. The average Bonchev–Trinajstić information content (AvgIpc) is 2.43. The molecule has 0 aliphatic carbocycles. The summed E-state index contributed by atoms with van der Waals surface area (Å²) in [5.74, 6) is 0. The van der Waals surface area contributed by atoms with Crippen molar-refractivity contribution >= 4 is 11.7 Å². The second kappa shape index (κ2) is 6.91. The average molecular weight is 290 g/mol. The molecule has 1 fully saturated rings. The predicted molar refractivity (Wildman–Crippen MR) is 86.3 cm³/mol. The van der Waals surface area contributed by atoms with Crippen molar-refractivity contribution in [3.63, 3.8) is 0 Å². The maximum Gasteiger partial charge on any atom is 0.319 e. The summed E-state index contributed by atoms with van der Waals surface area (Å²) < 4.78 is 0. The molecular weight excluding hydrogens is 264 g/mol. The lowest BCUT2D eigenvalue weighted by Crippen LogP contribution is -2.48. The number of carbonyl (C=O) groups excluding carboxylic acids is 1. The molecule has 4 N–H and O–H groups in total. The number of piperidine rings is 1. The number of likely N-dealkylation sites (tertiary alicyclic amines) is 1. The fourth-order valence-corrected chi connectivity index (χ4v) is 2.67. The summed E-state index contributed by atoms with van der Waals surface area (Å²) in [4.78, 5) is 14.4. The van der Waals surface area contributed by atoms with Crippen molar-refractivity contribution in [1.29, 1.82) is 0 Å². The third-order valence-corrected chi connectivity index (χ3v) is 4.21. The van der Waals surface area contributed by atoms with Gasteiger partial charge in [-0.2, -0.15) is 0 Å². The second-order valence-corrected chi connectivity index (χ2v) is 6.06. The molecule has 21 heavy (non-hydrogen) atoms. The van der Waals surface area contributed by atoms with E-state index in [0.717, 1.165) is 30.6 Å². The molecule has 1 heterocycles. The van der Waals surface area contributed by atoms with Gasteiger partial charge in [0.2, 0.25) is 0 Å². The van der Waals surface area contributed by atoms with Crippen LogP contribution >= 0.6 is 0 Å². The fraction of sp³-hybridized carbons (Fsp3) is 0.562. The normalized spacial score (nSPS) is 24.4. The Kier molecular flexibility index (Phi) is 5.20. The summed E-state index contributed by atoms with van der Waals surface area (Å²) in [5.41, 5.74) is 7.65. The third-order valence-electron chi connectivity index (χ3n) is 4.21. The summed E-state index contributed by atoms with van der Waals surface area (Å²) >= 11 is 0. The lowest BCUT2D eigenvalue weighted by Gasteiger charge is -2.35. The van der Waals surface area contributed by atoms with Crippen molar-refractivity contribution in [3.8, 4) is 0 Å². The van der Waals surface area contributed by atoms with Gasteiger partial charge in [0.05, 0.1) is 0 Å². The van der Waals surface area contributed by atoms with Crippen molar-refractivity contribution in [1.82, 2.24) is 10.2 Å². The maximum atomic E-state index is 12.1. The highest BCUT2D eigenvalue weighted by Crippen LogP contribution is 2.17. The molecule has 116 valence electrons. The molecule has 2 amide bonds. The lowest BCUT2D eigenvalue weighted by molar-refractivity contribution is 0.170. The first-order chi connectivity index (χ1) is 9.95. The number of anilines is 1. The highest BCUT2D eigenvalue weighted by molar-refractivity contribution is 5.89. The molecule has 0 aromatic heterocycles. The van der Waals surface area contributed by atoms with Gasteiger partial charge in [-0.15, -0.1) is 0 Å². The number of nitrogens with two attached hydrogens (primary N) is 1. The summed E-state index contributed by atoms with van der Waals surface area (Å²) in [5, 5.41) is 5.95. The molecule has 0 bridgehead atoms. The second-order valence-electron chi connectivity index (χ2n) is 6.06. The molecule has 1 aromatic rings. The molecule has 0 spiro atoms.